The van der Waals surface area contributed by atoms with E-state index in [1.165, 1.54) is 24.3 Å². The lowest BCUT2D eigenvalue weighted by atomic mass is 10.1. The van der Waals surface area contributed by atoms with Gasteiger partial charge in [0.05, 0.1) is 0 Å². The van der Waals surface area contributed by atoms with E-state index in [4.69, 9.17) is 22.4 Å². The van der Waals surface area contributed by atoms with Crippen LogP contribution in [0.25, 0.3) is 0 Å². The Hall–Kier alpha value is -3.80. The number of benzene rings is 1. The zero-order valence-corrected chi connectivity index (χ0v) is 17.9. The number of carboxylic acids is 2. The molecule has 0 aliphatic heterocycles. The molecule has 12 heteroatoms. The number of H-pyrrole nitrogens is 2. The highest BCUT2D eigenvalue weighted by molar-refractivity contribution is 7.71. The molecule has 1 atom stereocenters. The van der Waals surface area contributed by atoms with Gasteiger partial charge in [0, 0.05) is 35.3 Å². The molecule has 0 saturated heterocycles. The van der Waals surface area contributed by atoms with Gasteiger partial charge in [-0.3, -0.25) is 24.2 Å². The first-order valence-corrected chi connectivity index (χ1v) is 9.95. The summed E-state index contributed by atoms with van der Waals surface area (Å²) in [6.45, 7) is 1.69. The number of aryl methyl sites for hydroxylation is 1. The fourth-order valence-electron chi connectivity index (χ4n) is 2.86. The molecule has 6 N–H and O–H groups in total. The molecule has 1 aromatic carbocycles. The summed E-state index contributed by atoms with van der Waals surface area (Å²) in [4.78, 5) is 63.5. The number of carbonyl (C=O) groups is 4. The normalized spacial score (nSPS) is 11.4. The van der Waals surface area contributed by atoms with Gasteiger partial charge in [-0.15, -0.1) is 0 Å². The second-order valence-electron chi connectivity index (χ2n) is 6.93. The van der Waals surface area contributed by atoms with Gasteiger partial charge in [-0.25, -0.2) is 4.79 Å². The molecule has 0 aliphatic rings. The van der Waals surface area contributed by atoms with Gasteiger partial charge in [0.25, 0.3) is 11.5 Å². The number of nitrogens with one attached hydrogen (secondary N) is 4. The quantitative estimate of drug-likeness (QED) is 0.286. The van der Waals surface area contributed by atoms with Crippen molar-refractivity contribution in [1.29, 1.82) is 0 Å². The molecule has 0 radical (unpaired) electrons. The predicted molar refractivity (Wildman–Crippen MR) is 116 cm³/mol. The highest BCUT2D eigenvalue weighted by atomic mass is 32.1. The Bertz CT molecular complexity index is 1140. The van der Waals surface area contributed by atoms with Crippen LogP contribution in [0.3, 0.4) is 0 Å². The number of carbonyl (C=O) groups excluding carboxylic acids is 2. The highest BCUT2D eigenvalue weighted by Crippen LogP contribution is 2.12. The van der Waals surface area contributed by atoms with E-state index in [0.29, 0.717) is 16.9 Å². The van der Waals surface area contributed by atoms with Gasteiger partial charge >= 0.3 is 11.9 Å². The summed E-state index contributed by atoms with van der Waals surface area (Å²) in [5.74, 6) is -3.53. The van der Waals surface area contributed by atoms with Crippen LogP contribution in [0.1, 0.15) is 40.9 Å². The molecule has 0 bridgehead atoms. The van der Waals surface area contributed by atoms with Gasteiger partial charge in [0.15, 0.2) is 4.77 Å². The number of aromatic amines is 2. The van der Waals surface area contributed by atoms with Crippen LogP contribution in [0.4, 0.5) is 5.69 Å². The van der Waals surface area contributed by atoms with E-state index in [9.17, 15) is 24.0 Å². The Balaban J connectivity index is 1.94. The lowest BCUT2D eigenvalue weighted by molar-refractivity contribution is -0.140. The summed E-state index contributed by atoms with van der Waals surface area (Å²) in [6.07, 6.45) is -0.407. The van der Waals surface area contributed by atoms with Crippen molar-refractivity contribution in [2.45, 2.75) is 38.6 Å². The van der Waals surface area contributed by atoms with E-state index in [2.05, 4.69) is 20.6 Å². The number of aromatic nitrogens is 2. The van der Waals surface area contributed by atoms with Crippen molar-refractivity contribution in [3.63, 3.8) is 0 Å². The van der Waals surface area contributed by atoms with Crippen molar-refractivity contribution in [3.8, 4) is 0 Å². The molecule has 11 nitrogen and oxygen atoms in total. The van der Waals surface area contributed by atoms with Gasteiger partial charge in [0.1, 0.15) is 6.04 Å². The van der Waals surface area contributed by atoms with Crippen molar-refractivity contribution in [2.75, 3.05) is 5.32 Å². The number of amides is 2. The summed E-state index contributed by atoms with van der Waals surface area (Å²) in [6, 6.07) is 4.40. The van der Waals surface area contributed by atoms with E-state index >= 15 is 0 Å². The van der Waals surface area contributed by atoms with E-state index in [1.54, 1.807) is 6.92 Å². The van der Waals surface area contributed by atoms with Crippen LogP contribution in [0.2, 0.25) is 0 Å². The van der Waals surface area contributed by atoms with Crippen LogP contribution in [-0.2, 0) is 20.8 Å². The zero-order valence-electron chi connectivity index (χ0n) is 17.1. The third-order valence-electron chi connectivity index (χ3n) is 4.54. The summed E-state index contributed by atoms with van der Waals surface area (Å²) in [7, 11) is 0. The standard InChI is InChI=1S/C20H22N4O7S/c1-10-13(18(29)24-20(32)21-10)6-8-15(25)22-12-4-2-11(3-5-12)17(28)23-14(19(30)31)7-9-16(26)27/h2-5,14H,6-9H2,1H3,(H,22,25)(H,23,28)(H,26,27)(H,30,31)(H2,21,24,29,32)/t14-/m0/s1. The first kappa shape index (κ1) is 24.5. The molecule has 2 aromatic rings. The Morgan fingerprint density at radius 3 is 2.28 bits per heavy atom. The largest absolute Gasteiger partial charge is 0.481 e. The van der Waals surface area contributed by atoms with Crippen molar-refractivity contribution in [1.82, 2.24) is 15.3 Å². The molecular formula is C20H22N4O7S. The molecule has 0 unspecified atom stereocenters. The first-order valence-electron chi connectivity index (χ1n) is 9.54. The summed E-state index contributed by atoms with van der Waals surface area (Å²) >= 11 is 4.89. The van der Waals surface area contributed by atoms with Crippen molar-refractivity contribution >= 4 is 41.7 Å². The van der Waals surface area contributed by atoms with Crippen LogP contribution in [0.15, 0.2) is 29.1 Å². The third-order valence-corrected chi connectivity index (χ3v) is 4.74. The second kappa shape index (κ2) is 11.0. The molecule has 2 rings (SSSR count). The van der Waals surface area contributed by atoms with Crippen LogP contribution in [-0.4, -0.2) is 50.0 Å². The molecule has 0 spiro atoms. The number of aliphatic carboxylic acids is 2. The monoisotopic (exact) mass is 462 g/mol. The minimum Gasteiger partial charge on any atom is -0.481 e. The third kappa shape index (κ3) is 7.16. The van der Waals surface area contributed by atoms with Crippen molar-refractivity contribution in [2.24, 2.45) is 0 Å². The van der Waals surface area contributed by atoms with E-state index in [1.807, 2.05) is 0 Å². The topological polar surface area (TPSA) is 181 Å². The SMILES string of the molecule is Cc1[nH]c(=S)[nH]c(=O)c1CCC(=O)Nc1ccc(C(=O)N[C@@H](CCC(=O)O)C(=O)O)cc1. The molecule has 0 saturated carbocycles. The van der Waals surface area contributed by atoms with Crippen LogP contribution in [0, 0.1) is 11.7 Å². The van der Waals surface area contributed by atoms with Crippen LogP contribution in [0.5, 0.6) is 0 Å². The maximum absolute atomic E-state index is 12.2. The molecular weight excluding hydrogens is 440 g/mol. The van der Waals surface area contributed by atoms with Gasteiger partial charge in [-0.05, 0) is 56.2 Å². The maximum atomic E-state index is 12.2. The van der Waals surface area contributed by atoms with Gasteiger partial charge in [0.2, 0.25) is 5.91 Å². The molecule has 2 amide bonds. The fourth-order valence-corrected chi connectivity index (χ4v) is 3.11. The second-order valence-corrected chi connectivity index (χ2v) is 7.34. The molecule has 1 heterocycles. The van der Waals surface area contributed by atoms with Gasteiger partial charge < -0.3 is 25.8 Å². The Kier molecular flexibility index (Phi) is 8.41. The van der Waals surface area contributed by atoms with Crippen LogP contribution < -0.4 is 16.2 Å². The van der Waals surface area contributed by atoms with E-state index < -0.39 is 30.3 Å². The van der Waals surface area contributed by atoms with Crippen molar-refractivity contribution < 1.29 is 29.4 Å². The smallest absolute Gasteiger partial charge is 0.326 e. The number of rotatable bonds is 10. The van der Waals surface area contributed by atoms with E-state index in [-0.39, 0.29) is 41.1 Å². The molecule has 0 aliphatic carbocycles. The molecule has 32 heavy (non-hydrogen) atoms. The fraction of sp³-hybridized carbons (Fsp3) is 0.300. The molecule has 0 fully saturated rings. The maximum Gasteiger partial charge on any atom is 0.326 e. The van der Waals surface area contributed by atoms with Gasteiger partial charge in [-0.1, -0.05) is 0 Å². The molecule has 1 aromatic heterocycles. The minimum atomic E-state index is -1.34. The minimum absolute atomic E-state index is 0.0423. The average molecular weight is 462 g/mol. The Morgan fingerprint density at radius 1 is 1.06 bits per heavy atom. The average Bonchev–Trinajstić information content (AvgIpc) is 2.70. The lowest BCUT2D eigenvalue weighted by Crippen LogP contribution is -2.41. The number of hydrogen-bond donors (Lipinski definition) is 6. The Labute approximate surface area is 186 Å². The number of anilines is 1. The summed E-state index contributed by atoms with van der Waals surface area (Å²) in [5.41, 5.74) is 1.22. The zero-order chi connectivity index (χ0) is 23.8. The number of carboxylic acid groups (broad SMARTS) is 2. The summed E-state index contributed by atoms with van der Waals surface area (Å²) < 4.78 is 0.210. The first-order chi connectivity index (χ1) is 15.1. The highest BCUT2D eigenvalue weighted by Gasteiger charge is 2.21. The lowest BCUT2D eigenvalue weighted by Gasteiger charge is -2.14. The van der Waals surface area contributed by atoms with Crippen LogP contribution >= 0.6 is 12.2 Å². The van der Waals surface area contributed by atoms with E-state index in [0.717, 1.165) is 0 Å². The van der Waals surface area contributed by atoms with Gasteiger partial charge in [-0.2, -0.15) is 0 Å². The Morgan fingerprint density at radius 2 is 1.72 bits per heavy atom. The number of hydrogen-bond acceptors (Lipinski definition) is 6. The summed E-state index contributed by atoms with van der Waals surface area (Å²) in [5, 5.41) is 22.7. The predicted octanol–water partition coefficient (Wildman–Crippen LogP) is 1.36. The van der Waals surface area contributed by atoms with Crippen molar-refractivity contribution in [3.05, 3.63) is 56.2 Å². The molecule has 170 valence electrons.